The number of esters is 4. The minimum Gasteiger partial charge on any atom is -0.462 e. The molecule has 0 aliphatic heterocycles. The van der Waals surface area contributed by atoms with Gasteiger partial charge in [-0.2, -0.15) is 0 Å². The maximum atomic E-state index is 13.0. The van der Waals surface area contributed by atoms with Crippen molar-refractivity contribution in [3.8, 4) is 0 Å². The lowest BCUT2D eigenvalue weighted by Gasteiger charge is -2.21. The van der Waals surface area contributed by atoms with Gasteiger partial charge in [-0.15, -0.1) is 0 Å². The number of carbonyl (C=O) groups is 4. The van der Waals surface area contributed by atoms with Crippen LogP contribution in [0.5, 0.6) is 0 Å². The maximum absolute atomic E-state index is 13.0. The second kappa shape index (κ2) is 64.1. The highest BCUT2D eigenvalue weighted by Crippen LogP contribution is 2.45. The Morgan fingerprint density at radius 2 is 0.505 bits per heavy atom. The number of hydrogen-bond acceptors (Lipinski definition) is 15. The number of carbonyl (C=O) groups excluding carboxylic acids is 4. The minimum atomic E-state index is -4.95. The van der Waals surface area contributed by atoms with Gasteiger partial charge in [0.25, 0.3) is 0 Å². The zero-order valence-corrected chi connectivity index (χ0v) is 60.9. The molecule has 3 N–H and O–H groups in total. The Kier molecular flexibility index (Phi) is 62.7. The normalized spacial score (nSPS) is 14.1. The van der Waals surface area contributed by atoms with E-state index < -0.39 is 97.5 Å². The molecule has 0 bridgehead atoms. The largest absolute Gasteiger partial charge is 0.472 e. The van der Waals surface area contributed by atoms with Crippen LogP contribution >= 0.6 is 15.6 Å². The van der Waals surface area contributed by atoms with Gasteiger partial charge < -0.3 is 33.8 Å². The Balaban J connectivity index is 5.23. The lowest BCUT2D eigenvalue weighted by Crippen LogP contribution is -2.30. The molecule has 5 atom stereocenters. The predicted molar refractivity (Wildman–Crippen MR) is 368 cm³/mol. The van der Waals surface area contributed by atoms with E-state index in [2.05, 4.69) is 41.5 Å². The predicted octanol–water partition coefficient (Wildman–Crippen LogP) is 20.8. The fourth-order valence-electron chi connectivity index (χ4n) is 10.9. The average Bonchev–Trinajstić information content (AvgIpc) is 3.70. The van der Waals surface area contributed by atoms with Crippen molar-refractivity contribution >= 4 is 39.5 Å². The van der Waals surface area contributed by atoms with Gasteiger partial charge in [0.1, 0.15) is 19.3 Å². The van der Waals surface area contributed by atoms with Crippen LogP contribution in [0.1, 0.15) is 369 Å². The van der Waals surface area contributed by atoms with Gasteiger partial charge in [0.2, 0.25) is 0 Å². The molecule has 540 valence electrons. The summed E-state index contributed by atoms with van der Waals surface area (Å²) < 4.78 is 68.3. The van der Waals surface area contributed by atoms with Crippen LogP contribution in [-0.2, 0) is 65.4 Å². The SMILES string of the molecule is CCCCCCCCCCCCCCCCCCCC(=O)O[C@H](COC(=O)CCCCCCCCCCCCCC(C)C)COP(=O)(O)OC[C@@H](O)COP(=O)(O)OC[C@@H](COC(=O)CCCCCCCCC(C)C)OC(=O)CCCCCCCCCCCCC. The second-order valence-corrected chi connectivity index (χ2v) is 29.8. The highest BCUT2D eigenvalue weighted by molar-refractivity contribution is 7.47. The zero-order chi connectivity index (χ0) is 67.2. The molecule has 91 heavy (non-hydrogen) atoms. The Bertz CT molecular complexity index is 1770. The van der Waals surface area contributed by atoms with Crippen LogP contribution in [0, 0.1) is 11.8 Å². The molecule has 0 aromatic heterocycles. The molecule has 0 aliphatic carbocycles. The summed E-state index contributed by atoms with van der Waals surface area (Å²) in [4.78, 5) is 72.6. The maximum Gasteiger partial charge on any atom is 0.472 e. The fraction of sp³-hybridized carbons (Fsp3) is 0.944. The third-order valence-corrected chi connectivity index (χ3v) is 18.6. The first kappa shape index (κ1) is 89.1. The summed E-state index contributed by atoms with van der Waals surface area (Å²) in [6.07, 6.45) is 50.0. The number of phosphoric ester groups is 2. The lowest BCUT2D eigenvalue weighted by molar-refractivity contribution is -0.161. The van der Waals surface area contributed by atoms with Gasteiger partial charge in [-0.1, -0.05) is 318 Å². The van der Waals surface area contributed by atoms with Crippen molar-refractivity contribution in [3.63, 3.8) is 0 Å². The van der Waals surface area contributed by atoms with Gasteiger partial charge in [-0.25, -0.2) is 9.13 Å². The number of rotatable bonds is 71. The zero-order valence-electron chi connectivity index (χ0n) is 59.1. The van der Waals surface area contributed by atoms with Gasteiger partial charge >= 0.3 is 39.5 Å². The Morgan fingerprint density at radius 1 is 0.297 bits per heavy atom. The molecule has 0 heterocycles. The van der Waals surface area contributed by atoms with Crippen LogP contribution in [0.3, 0.4) is 0 Å². The van der Waals surface area contributed by atoms with E-state index in [1.165, 1.54) is 180 Å². The smallest absolute Gasteiger partial charge is 0.462 e. The molecule has 17 nitrogen and oxygen atoms in total. The van der Waals surface area contributed by atoms with Gasteiger partial charge in [0, 0.05) is 25.7 Å². The van der Waals surface area contributed by atoms with E-state index in [1.54, 1.807) is 0 Å². The molecule has 0 aromatic rings. The molecular weight excluding hydrogens is 1200 g/mol. The fourth-order valence-corrected chi connectivity index (χ4v) is 12.5. The molecule has 2 unspecified atom stereocenters. The summed E-state index contributed by atoms with van der Waals surface area (Å²) in [5.74, 6) is -0.671. The van der Waals surface area contributed by atoms with Crippen molar-refractivity contribution in [2.75, 3.05) is 39.6 Å². The van der Waals surface area contributed by atoms with Crippen molar-refractivity contribution in [2.45, 2.75) is 387 Å². The molecule has 0 saturated carbocycles. The van der Waals surface area contributed by atoms with Gasteiger partial charge in [0.05, 0.1) is 26.4 Å². The number of unbranched alkanes of at least 4 members (excludes halogenated alkanes) is 41. The molecular formula is C72H140O17P2. The minimum absolute atomic E-state index is 0.106. The van der Waals surface area contributed by atoms with E-state index in [-0.39, 0.29) is 25.7 Å². The van der Waals surface area contributed by atoms with Gasteiger partial charge in [-0.05, 0) is 37.5 Å². The third kappa shape index (κ3) is 66.5. The van der Waals surface area contributed by atoms with Crippen molar-refractivity contribution in [3.05, 3.63) is 0 Å². The summed E-state index contributed by atoms with van der Waals surface area (Å²) in [7, 11) is -9.90. The van der Waals surface area contributed by atoms with Crippen molar-refractivity contribution in [2.24, 2.45) is 11.8 Å². The van der Waals surface area contributed by atoms with Gasteiger partial charge in [-0.3, -0.25) is 37.3 Å². The van der Waals surface area contributed by atoms with Gasteiger partial charge in [0.15, 0.2) is 12.2 Å². The first-order valence-electron chi connectivity index (χ1n) is 37.5. The van der Waals surface area contributed by atoms with E-state index in [4.69, 9.17) is 37.0 Å². The molecule has 19 heteroatoms. The van der Waals surface area contributed by atoms with Crippen LogP contribution in [0.15, 0.2) is 0 Å². The molecule has 0 saturated heterocycles. The highest BCUT2D eigenvalue weighted by Gasteiger charge is 2.30. The summed E-state index contributed by atoms with van der Waals surface area (Å²) in [5.41, 5.74) is 0. The molecule has 0 amide bonds. The van der Waals surface area contributed by atoms with E-state index in [0.29, 0.717) is 31.6 Å². The quantitative estimate of drug-likeness (QED) is 0.0222. The number of phosphoric acid groups is 2. The van der Waals surface area contributed by atoms with Crippen LogP contribution in [0.2, 0.25) is 0 Å². The Hall–Kier alpha value is -1.94. The molecule has 0 fully saturated rings. The third-order valence-electron chi connectivity index (χ3n) is 16.7. The van der Waals surface area contributed by atoms with Crippen LogP contribution in [0.4, 0.5) is 0 Å². The monoisotopic (exact) mass is 1340 g/mol. The highest BCUT2D eigenvalue weighted by atomic mass is 31.2. The van der Waals surface area contributed by atoms with E-state index in [1.807, 2.05) is 0 Å². The molecule has 0 spiro atoms. The van der Waals surface area contributed by atoms with Crippen LogP contribution < -0.4 is 0 Å². The van der Waals surface area contributed by atoms with E-state index in [0.717, 1.165) is 102 Å². The summed E-state index contributed by atoms with van der Waals surface area (Å²) in [5, 5.41) is 10.6. The standard InChI is InChI=1S/C72H140O17P2/c1-7-9-11-13-15-17-19-20-21-22-23-24-28-33-37-45-51-57-72(77)88-67(60-82-69(74)54-48-42-35-31-29-25-27-30-34-40-46-52-64(3)4)62-86-90(78,79)84-58-66(73)59-85-91(80,81)87-63-68(61-83-70(75)55-49-43-39-38-41-47-53-65(5)6)89-71(76)56-50-44-36-32-26-18-16-14-12-10-8-2/h64-68,73H,7-63H2,1-6H3,(H,78,79)(H,80,81)/t66-,67-,68-/m1/s1. The van der Waals surface area contributed by atoms with Crippen LogP contribution in [0.25, 0.3) is 0 Å². The van der Waals surface area contributed by atoms with Crippen molar-refractivity contribution in [1.29, 1.82) is 0 Å². The van der Waals surface area contributed by atoms with Crippen molar-refractivity contribution < 1.29 is 80.2 Å². The summed E-state index contributed by atoms with van der Waals surface area (Å²) in [6, 6.07) is 0. The topological polar surface area (TPSA) is 237 Å². The van der Waals surface area contributed by atoms with Crippen molar-refractivity contribution in [1.82, 2.24) is 0 Å². The van der Waals surface area contributed by atoms with E-state index >= 15 is 0 Å². The molecule has 0 rings (SSSR count). The first-order valence-corrected chi connectivity index (χ1v) is 40.5. The Morgan fingerprint density at radius 3 is 0.747 bits per heavy atom. The average molecular weight is 1340 g/mol. The first-order chi connectivity index (χ1) is 43.9. The summed E-state index contributed by atoms with van der Waals surface area (Å²) >= 11 is 0. The number of hydrogen-bond donors (Lipinski definition) is 3. The summed E-state index contributed by atoms with van der Waals surface area (Å²) in [6.45, 7) is 9.49. The lowest BCUT2D eigenvalue weighted by atomic mass is 10.0. The van der Waals surface area contributed by atoms with Crippen LogP contribution in [-0.4, -0.2) is 96.7 Å². The number of aliphatic hydroxyl groups is 1. The second-order valence-electron chi connectivity index (χ2n) is 26.9. The molecule has 0 aliphatic rings. The number of aliphatic hydroxyl groups excluding tert-OH is 1. The Labute approximate surface area is 556 Å². The van der Waals surface area contributed by atoms with E-state index in [9.17, 15) is 43.2 Å². The molecule has 0 radical (unpaired) electrons. The number of ether oxygens (including phenoxy) is 4. The molecule has 0 aromatic carbocycles.